The van der Waals surface area contributed by atoms with Crippen molar-refractivity contribution in [3.05, 3.63) is 42.2 Å². The molecule has 4 nitrogen and oxygen atoms in total. The summed E-state index contributed by atoms with van der Waals surface area (Å²) >= 11 is 0. The van der Waals surface area contributed by atoms with Crippen LogP contribution in [-0.4, -0.2) is 27.6 Å². The Morgan fingerprint density at radius 1 is 1.25 bits per heavy atom. The van der Waals surface area contributed by atoms with Gasteiger partial charge in [-0.2, -0.15) is 0 Å². The van der Waals surface area contributed by atoms with E-state index in [4.69, 9.17) is 0 Å². The molecule has 0 saturated heterocycles. The van der Waals surface area contributed by atoms with Crippen LogP contribution in [0.25, 0.3) is 5.69 Å². The molecule has 0 aliphatic heterocycles. The van der Waals surface area contributed by atoms with Crippen LogP contribution >= 0.6 is 0 Å². The Bertz CT molecular complexity index is 534. The largest absolute Gasteiger partial charge is 0.313 e. The van der Waals surface area contributed by atoms with E-state index in [0.717, 1.165) is 12.2 Å². The van der Waals surface area contributed by atoms with Crippen LogP contribution in [0.15, 0.2) is 36.5 Å². The average Bonchev–Trinajstić information content (AvgIpc) is 3.14. The molecule has 2 aromatic rings. The number of nitrogens with one attached hydrogen (secondary N) is 1. The fraction of sp³-hybridized carbons (Fsp3) is 0.500. The Kier molecular flexibility index (Phi) is 4.11. The molecule has 1 aliphatic rings. The molecule has 2 unspecified atom stereocenters. The van der Waals surface area contributed by atoms with Crippen LogP contribution in [0.1, 0.15) is 44.2 Å². The molecule has 0 bridgehead atoms. The molecule has 1 aromatic carbocycles. The van der Waals surface area contributed by atoms with Gasteiger partial charge in [-0.3, -0.25) is 0 Å². The summed E-state index contributed by atoms with van der Waals surface area (Å²) in [5.74, 6) is 0.525. The minimum atomic E-state index is 0.525. The van der Waals surface area contributed by atoms with Gasteiger partial charge in [-0.1, -0.05) is 36.8 Å². The molecule has 4 heteroatoms. The van der Waals surface area contributed by atoms with Crippen molar-refractivity contribution in [1.29, 1.82) is 0 Å². The first-order valence-electron chi connectivity index (χ1n) is 7.59. The van der Waals surface area contributed by atoms with Crippen LogP contribution in [0.4, 0.5) is 0 Å². The highest BCUT2D eigenvalue weighted by Gasteiger charge is 2.31. The van der Waals surface area contributed by atoms with Gasteiger partial charge in [-0.05, 0) is 37.9 Å². The van der Waals surface area contributed by atoms with E-state index in [1.165, 1.54) is 31.4 Å². The first kappa shape index (κ1) is 13.3. The third-order valence-electron chi connectivity index (χ3n) is 4.13. The molecule has 20 heavy (non-hydrogen) atoms. The fourth-order valence-corrected chi connectivity index (χ4v) is 3.15. The van der Waals surface area contributed by atoms with E-state index in [2.05, 4.69) is 34.7 Å². The minimum Gasteiger partial charge on any atom is -0.313 e. The Labute approximate surface area is 120 Å². The maximum Gasteiger partial charge on any atom is 0.0733 e. The monoisotopic (exact) mass is 270 g/mol. The third-order valence-corrected chi connectivity index (χ3v) is 4.13. The summed E-state index contributed by atoms with van der Waals surface area (Å²) in [6, 6.07) is 10.9. The van der Waals surface area contributed by atoms with Crippen molar-refractivity contribution in [1.82, 2.24) is 20.3 Å². The molecule has 1 N–H and O–H groups in total. The second-order valence-corrected chi connectivity index (χ2v) is 5.50. The molecule has 0 radical (unpaired) electrons. The van der Waals surface area contributed by atoms with Gasteiger partial charge in [0, 0.05) is 12.0 Å². The van der Waals surface area contributed by atoms with Gasteiger partial charge in [0.15, 0.2) is 0 Å². The van der Waals surface area contributed by atoms with Gasteiger partial charge in [0.1, 0.15) is 0 Å². The predicted molar refractivity (Wildman–Crippen MR) is 80.0 cm³/mol. The quantitative estimate of drug-likeness (QED) is 0.908. The van der Waals surface area contributed by atoms with Gasteiger partial charge in [0.2, 0.25) is 0 Å². The number of benzene rings is 1. The Hall–Kier alpha value is -1.68. The van der Waals surface area contributed by atoms with Crippen molar-refractivity contribution < 1.29 is 0 Å². The highest BCUT2D eigenvalue weighted by atomic mass is 15.4. The first-order chi connectivity index (χ1) is 9.90. The number of aromatic nitrogens is 3. The molecule has 0 amide bonds. The zero-order chi connectivity index (χ0) is 13.8. The van der Waals surface area contributed by atoms with Crippen LogP contribution in [0.2, 0.25) is 0 Å². The van der Waals surface area contributed by atoms with Crippen LogP contribution in [0.5, 0.6) is 0 Å². The maximum atomic E-state index is 4.28. The number of hydrogen-bond acceptors (Lipinski definition) is 3. The van der Waals surface area contributed by atoms with E-state index in [1.807, 2.05) is 29.1 Å². The zero-order valence-electron chi connectivity index (χ0n) is 12.0. The lowest BCUT2D eigenvalue weighted by Crippen LogP contribution is -2.32. The molecular weight excluding hydrogens is 248 g/mol. The van der Waals surface area contributed by atoms with Gasteiger partial charge in [-0.15, -0.1) is 5.10 Å². The molecule has 1 heterocycles. The second-order valence-electron chi connectivity index (χ2n) is 5.50. The maximum absolute atomic E-state index is 4.28. The van der Waals surface area contributed by atoms with Crippen molar-refractivity contribution >= 4 is 0 Å². The van der Waals surface area contributed by atoms with E-state index in [9.17, 15) is 0 Å². The van der Waals surface area contributed by atoms with Gasteiger partial charge in [0.05, 0.1) is 17.6 Å². The molecule has 1 saturated carbocycles. The van der Waals surface area contributed by atoms with E-state index in [0.29, 0.717) is 12.0 Å². The van der Waals surface area contributed by atoms with E-state index in [1.54, 1.807) is 0 Å². The minimum absolute atomic E-state index is 0.525. The lowest BCUT2D eigenvalue weighted by molar-refractivity contribution is 0.466. The highest BCUT2D eigenvalue weighted by molar-refractivity contribution is 5.33. The van der Waals surface area contributed by atoms with Crippen molar-refractivity contribution in [3.63, 3.8) is 0 Å². The summed E-state index contributed by atoms with van der Waals surface area (Å²) < 4.78 is 2.00. The smallest absolute Gasteiger partial charge is 0.0733 e. The number of para-hydroxylation sites is 1. The Morgan fingerprint density at radius 2 is 2.10 bits per heavy atom. The third kappa shape index (κ3) is 2.61. The summed E-state index contributed by atoms with van der Waals surface area (Å²) in [6.45, 7) is 3.31. The topological polar surface area (TPSA) is 42.7 Å². The van der Waals surface area contributed by atoms with Crippen LogP contribution in [-0.2, 0) is 0 Å². The normalized spacial score (nSPS) is 22.2. The van der Waals surface area contributed by atoms with E-state index in [-0.39, 0.29) is 0 Å². The number of rotatable bonds is 5. The molecule has 1 fully saturated rings. The molecule has 0 spiro atoms. The Balaban J connectivity index is 1.86. The van der Waals surface area contributed by atoms with Gasteiger partial charge >= 0.3 is 0 Å². The summed E-state index contributed by atoms with van der Waals surface area (Å²) in [4.78, 5) is 0. The summed E-state index contributed by atoms with van der Waals surface area (Å²) in [5.41, 5.74) is 2.34. The first-order valence-corrected chi connectivity index (χ1v) is 7.59. The summed E-state index contributed by atoms with van der Waals surface area (Å²) in [5, 5.41) is 12.1. The SMILES string of the molecule is CCCNC1CCCC1c1cnnn1-c1ccccc1. The standard InChI is InChI=1S/C16H22N4/c1-2-11-17-15-10-6-9-14(15)16-12-18-19-20(16)13-7-4-3-5-8-13/h3-5,7-8,12,14-15,17H,2,6,9-11H2,1H3. The van der Waals surface area contributed by atoms with E-state index >= 15 is 0 Å². The predicted octanol–water partition coefficient (Wildman–Crippen LogP) is 2.90. The van der Waals surface area contributed by atoms with Gasteiger partial charge in [0.25, 0.3) is 0 Å². The lowest BCUT2D eigenvalue weighted by atomic mass is 9.99. The lowest BCUT2D eigenvalue weighted by Gasteiger charge is -2.21. The fourth-order valence-electron chi connectivity index (χ4n) is 3.15. The molecule has 3 rings (SSSR count). The Morgan fingerprint density at radius 3 is 2.90 bits per heavy atom. The molecule has 1 aliphatic carbocycles. The van der Waals surface area contributed by atoms with E-state index < -0.39 is 0 Å². The molecule has 2 atom stereocenters. The summed E-state index contributed by atoms with van der Waals surface area (Å²) in [6.07, 6.45) is 6.88. The van der Waals surface area contributed by atoms with Gasteiger partial charge in [-0.25, -0.2) is 4.68 Å². The van der Waals surface area contributed by atoms with Crippen molar-refractivity contribution in [3.8, 4) is 5.69 Å². The van der Waals surface area contributed by atoms with Crippen LogP contribution < -0.4 is 5.32 Å². The van der Waals surface area contributed by atoms with Crippen molar-refractivity contribution in [2.45, 2.75) is 44.6 Å². The van der Waals surface area contributed by atoms with Crippen molar-refractivity contribution in [2.75, 3.05) is 6.54 Å². The molecule has 106 valence electrons. The van der Waals surface area contributed by atoms with Crippen LogP contribution in [0.3, 0.4) is 0 Å². The summed E-state index contributed by atoms with van der Waals surface area (Å²) in [7, 11) is 0. The van der Waals surface area contributed by atoms with Crippen LogP contribution in [0, 0.1) is 0 Å². The molecule has 1 aromatic heterocycles. The number of hydrogen-bond donors (Lipinski definition) is 1. The van der Waals surface area contributed by atoms with Crippen molar-refractivity contribution in [2.24, 2.45) is 0 Å². The molecular formula is C16H22N4. The second kappa shape index (κ2) is 6.18. The highest BCUT2D eigenvalue weighted by Crippen LogP contribution is 2.35. The zero-order valence-corrected chi connectivity index (χ0v) is 12.0. The number of nitrogens with zero attached hydrogens (tertiary/aromatic N) is 3. The van der Waals surface area contributed by atoms with Gasteiger partial charge < -0.3 is 5.32 Å². The average molecular weight is 270 g/mol.